The summed E-state index contributed by atoms with van der Waals surface area (Å²) >= 11 is 0. The maximum Gasteiger partial charge on any atom is 0.290 e. The Morgan fingerprint density at radius 2 is 1.89 bits per heavy atom. The first-order chi connectivity index (χ1) is 13.8. The third kappa shape index (κ3) is 4.55. The van der Waals surface area contributed by atoms with Crippen molar-refractivity contribution >= 4 is 6.47 Å². The summed E-state index contributed by atoms with van der Waals surface area (Å²) < 4.78 is 13.3. The molecule has 7 nitrogen and oxygen atoms in total. The summed E-state index contributed by atoms with van der Waals surface area (Å²) in [4.78, 5) is 17.0. The van der Waals surface area contributed by atoms with Crippen LogP contribution < -0.4 is 4.74 Å². The van der Waals surface area contributed by atoms with Crippen LogP contribution in [0.5, 0.6) is 5.75 Å². The number of rotatable bonds is 5. The van der Waals surface area contributed by atoms with Gasteiger partial charge < -0.3 is 19.1 Å². The Kier molecular flexibility index (Phi) is 6.75. The lowest BCUT2D eigenvalue weighted by Gasteiger charge is -2.21. The van der Waals surface area contributed by atoms with E-state index in [0.717, 1.165) is 36.8 Å². The molecule has 1 saturated heterocycles. The molecule has 4 rings (SSSR count). The van der Waals surface area contributed by atoms with Crippen LogP contribution in [0.3, 0.4) is 0 Å². The lowest BCUT2D eigenvalue weighted by molar-refractivity contribution is -0.122. The number of benzene rings is 1. The standard InChI is InChI=1S/C20H21N3O2.CH2O2/c1-24-18-4-2-16(3-5-18)20-22-10-11-23(20)19-14-25-13-17(19)12-15-6-8-21-9-7-15;2-1-3/h2-11,17,19H,12-14H2,1H3;1H,(H,2,3)/t17-,19+;/m0./s1. The zero-order valence-corrected chi connectivity index (χ0v) is 15.6. The van der Waals surface area contributed by atoms with E-state index in [2.05, 4.69) is 32.9 Å². The van der Waals surface area contributed by atoms with Crippen LogP contribution in [0.4, 0.5) is 0 Å². The molecule has 0 bridgehead atoms. The van der Waals surface area contributed by atoms with E-state index in [1.54, 1.807) is 7.11 Å². The van der Waals surface area contributed by atoms with E-state index in [4.69, 9.17) is 19.4 Å². The lowest BCUT2D eigenvalue weighted by Crippen LogP contribution is -2.20. The number of nitrogens with zero attached hydrogens (tertiary/aromatic N) is 3. The minimum atomic E-state index is -0.250. The smallest absolute Gasteiger partial charge is 0.290 e. The summed E-state index contributed by atoms with van der Waals surface area (Å²) in [6, 6.07) is 12.5. The Morgan fingerprint density at radius 3 is 2.57 bits per heavy atom. The third-order valence-electron chi connectivity index (χ3n) is 4.79. The molecule has 3 aromatic rings. The fourth-order valence-corrected chi connectivity index (χ4v) is 3.46. The Hall–Kier alpha value is -3.19. The molecule has 1 aliphatic rings. The quantitative estimate of drug-likeness (QED) is 0.684. The highest BCUT2D eigenvalue weighted by atomic mass is 16.5. The highest BCUT2D eigenvalue weighted by Crippen LogP contribution is 2.32. The second-order valence-electron chi connectivity index (χ2n) is 6.42. The van der Waals surface area contributed by atoms with Crippen molar-refractivity contribution < 1.29 is 19.4 Å². The van der Waals surface area contributed by atoms with Crippen molar-refractivity contribution in [1.82, 2.24) is 14.5 Å². The minimum Gasteiger partial charge on any atom is -0.497 e. The molecule has 1 N–H and O–H groups in total. The predicted octanol–water partition coefficient (Wildman–Crippen LogP) is 3.08. The number of imidazole rings is 1. The molecule has 0 saturated carbocycles. The van der Waals surface area contributed by atoms with Crippen LogP contribution in [0.15, 0.2) is 61.2 Å². The molecule has 0 amide bonds. The Morgan fingerprint density at radius 1 is 1.18 bits per heavy atom. The first kappa shape index (κ1) is 19.6. The number of pyridine rings is 1. The summed E-state index contributed by atoms with van der Waals surface area (Å²) in [6.07, 6.45) is 8.59. The van der Waals surface area contributed by atoms with Gasteiger partial charge in [-0.15, -0.1) is 0 Å². The number of carbonyl (C=O) groups is 1. The van der Waals surface area contributed by atoms with Gasteiger partial charge in [0.2, 0.25) is 0 Å². The highest BCUT2D eigenvalue weighted by Gasteiger charge is 2.31. The van der Waals surface area contributed by atoms with E-state index >= 15 is 0 Å². The molecule has 1 fully saturated rings. The molecule has 0 radical (unpaired) electrons. The molecule has 0 spiro atoms. The molecular formula is C21H23N3O4. The average Bonchev–Trinajstić information content (AvgIpc) is 3.38. The molecule has 2 aromatic heterocycles. The number of ether oxygens (including phenoxy) is 2. The zero-order valence-electron chi connectivity index (χ0n) is 15.6. The molecule has 7 heteroatoms. The molecule has 3 heterocycles. The van der Waals surface area contributed by atoms with Gasteiger partial charge in [0.05, 0.1) is 26.4 Å². The average molecular weight is 381 g/mol. The van der Waals surface area contributed by atoms with Gasteiger partial charge in [0.1, 0.15) is 11.6 Å². The van der Waals surface area contributed by atoms with Gasteiger partial charge in [0, 0.05) is 36.3 Å². The van der Waals surface area contributed by atoms with Crippen molar-refractivity contribution in [2.45, 2.75) is 12.5 Å². The minimum absolute atomic E-state index is 0.250. The number of carboxylic acid groups (broad SMARTS) is 1. The third-order valence-corrected chi connectivity index (χ3v) is 4.79. The predicted molar refractivity (Wildman–Crippen MR) is 104 cm³/mol. The topological polar surface area (TPSA) is 86.5 Å². The first-order valence-corrected chi connectivity index (χ1v) is 8.98. The van der Waals surface area contributed by atoms with Gasteiger partial charge >= 0.3 is 0 Å². The number of hydrogen-bond acceptors (Lipinski definition) is 5. The Balaban J connectivity index is 0.000000706. The zero-order chi connectivity index (χ0) is 19.8. The largest absolute Gasteiger partial charge is 0.497 e. The van der Waals surface area contributed by atoms with Crippen LogP contribution >= 0.6 is 0 Å². The van der Waals surface area contributed by atoms with Gasteiger partial charge in [-0.05, 0) is 48.4 Å². The summed E-state index contributed by atoms with van der Waals surface area (Å²) in [5.41, 5.74) is 2.38. The lowest BCUT2D eigenvalue weighted by atomic mass is 9.95. The van der Waals surface area contributed by atoms with Crippen LogP contribution in [0.2, 0.25) is 0 Å². The van der Waals surface area contributed by atoms with Gasteiger partial charge in [0.25, 0.3) is 6.47 Å². The van der Waals surface area contributed by atoms with Crippen LogP contribution in [-0.4, -0.2) is 46.4 Å². The van der Waals surface area contributed by atoms with E-state index in [0.29, 0.717) is 5.92 Å². The maximum absolute atomic E-state index is 8.36. The van der Waals surface area contributed by atoms with Crippen molar-refractivity contribution in [1.29, 1.82) is 0 Å². The molecule has 0 unspecified atom stereocenters. The molecule has 146 valence electrons. The van der Waals surface area contributed by atoms with Gasteiger partial charge in [-0.1, -0.05) is 0 Å². The van der Waals surface area contributed by atoms with Crippen LogP contribution in [-0.2, 0) is 16.0 Å². The van der Waals surface area contributed by atoms with Crippen molar-refractivity contribution in [3.8, 4) is 17.1 Å². The number of aromatic nitrogens is 3. The van der Waals surface area contributed by atoms with Crippen molar-refractivity contribution in [2.75, 3.05) is 20.3 Å². The van der Waals surface area contributed by atoms with Crippen LogP contribution in [0.25, 0.3) is 11.4 Å². The summed E-state index contributed by atoms with van der Waals surface area (Å²) in [6.45, 7) is 1.24. The molecule has 0 aliphatic carbocycles. The van der Waals surface area contributed by atoms with Gasteiger partial charge in [0.15, 0.2) is 0 Å². The SMILES string of the molecule is COc1ccc(-c2nccn2[C@@H]2COC[C@@H]2Cc2ccncc2)cc1.O=CO. The van der Waals surface area contributed by atoms with Gasteiger partial charge in [-0.2, -0.15) is 0 Å². The van der Waals surface area contributed by atoms with Gasteiger partial charge in [-0.25, -0.2) is 4.98 Å². The second kappa shape index (κ2) is 9.66. The van der Waals surface area contributed by atoms with Crippen LogP contribution in [0, 0.1) is 5.92 Å². The summed E-state index contributed by atoms with van der Waals surface area (Å²) in [7, 11) is 1.68. The monoisotopic (exact) mass is 381 g/mol. The van der Waals surface area contributed by atoms with E-state index in [9.17, 15) is 0 Å². The first-order valence-electron chi connectivity index (χ1n) is 8.98. The fraction of sp³-hybridized carbons (Fsp3) is 0.286. The normalized spacial score (nSPS) is 18.2. The molecule has 1 aromatic carbocycles. The fourth-order valence-electron chi connectivity index (χ4n) is 3.46. The van der Waals surface area contributed by atoms with Crippen molar-refractivity contribution in [3.63, 3.8) is 0 Å². The number of methoxy groups -OCH3 is 1. The van der Waals surface area contributed by atoms with E-state index in [1.807, 2.05) is 42.9 Å². The van der Waals surface area contributed by atoms with Crippen molar-refractivity contribution in [3.05, 3.63) is 66.7 Å². The maximum atomic E-state index is 8.36. The second-order valence-corrected chi connectivity index (χ2v) is 6.42. The molecule has 28 heavy (non-hydrogen) atoms. The Bertz CT molecular complexity index is 865. The van der Waals surface area contributed by atoms with E-state index < -0.39 is 0 Å². The van der Waals surface area contributed by atoms with E-state index in [1.165, 1.54) is 5.56 Å². The molecule has 1 aliphatic heterocycles. The highest BCUT2D eigenvalue weighted by molar-refractivity contribution is 5.57. The van der Waals surface area contributed by atoms with Gasteiger partial charge in [-0.3, -0.25) is 9.78 Å². The Labute approximate surface area is 163 Å². The van der Waals surface area contributed by atoms with Crippen molar-refractivity contribution in [2.24, 2.45) is 5.92 Å². The van der Waals surface area contributed by atoms with E-state index in [-0.39, 0.29) is 12.5 Å². The summed E-state index contributed by atoms with van der Waals surface area (Å²) in [5.74, 6) is 2.24. The van der Waals surface area contributed by atoms with Crippen LogP contribution in [0.1, 0.15) is 11.6 Å². The molecule has 2 atom stereocenters. The number of hydrogen-bond donors (Lipinski definition) is 1. The molecular weight excluding hydrogens is 358 g/mol. The summed E-state index contributed by atoms with van der Waals surface area (Å²) in [5, 5.41) is 6.89.